The van der Waals surface area contributed by atoms with Crippen molar-refractivity contribution in [3.05, 3.63) is 10.1 Å². The fourth-order valence-corrected chi connectivity index (χ4v) is 10.1. The number of aliphatic hydroxyl groups is 1. The molecule has 32 heavy (non-hydrogen) atoms. The SMILES string of the molecule is CC(C)CCC[C@@H](C)[C@@H]1CC[C@@H]2[C@@H]3C[C@H]([N+](=O)[O-])[C@@]4(Cl)C[C@H](O)CC[C@]4(C)[C@H]3CC[C@]21C. The lowest BCUT2D eigenvalue weighted by Crippen LogP contribution is -2.67. The van der Waals surface area contributed by atoms with Gasteiger partial charge in [0.1, 0.15) is 4.87 Å². The number of alkyl halides is 1. The zero-order valence-electron chi connectivity index (χ0n) is 21.0. The average Bonchev–Trinajstić information content (AvgIpc) is 3.05. The molecule has 0 radical (unpaired) electrons. The van der Waals surface area contributed by atoms with Crippen LogP contribution < -0.4 is 0 Å². The third-order valence-corrected chi connectivity index (χ3v) is 12.1. The van der Waals surface area contributed by atoms with Crippen LogP contribution in [0.4, 0.5) is 0 Å². The molecule has 0 aromatic carbocycles. The van der Waals surface area contributed by atoms with E-state index >= 15 is 0 Å². The van der Waals surface area contributed by atoms with Gasteiger partial charge >= 0.3 is 0 Å². The lowest BCUT2D eigenvalue weighted by Gasteiger charge is -2.63. The van der Waals surface area contributed by atoms with Crippen molar-refractivity contribution in [2.75, 3.05) is 0 Å². The molecule has 10 atom stereocenters. The van der Waals surface area contributed by atoms with Gasteiger partial charge < -0.3 is 5.11 Å². The Morgan fingerprint density at radius 2 is 1.78 bits per heavy atom. The van der Waals surface area contributed by atoms with Crippen molar-refractivity contribution in [2.24, 2.45) is 46.3 Å². The maximum atomic E-state index is 12.3. The van der Waals surface area contributed by atoms with Gasteiger partial charge in [-0.05, 0) is 91.3 Å². The molecule has 4 nitrogen and oxygen atoms in total. The number of nitrogens with zero attached hydrogens (tertiary/aromatic N) is 1. The van der Waals surface area contributed by atoms with Crippen LogP contribution in [-0.4, -0.2) is 27.0 Å². The molecule has 0 unspecified atom stereocenters. The van der Waals surface area contributed by atoms with Crippen LogP contribution in [0.25, 0.3) is 0 Å². The largest absolute Gasteiger partial charge is 0.393 e. The van der Waals surface area contributed by atoms with E-state index < -0.39 is 17.0 Å². The van der Waals surface area contributed by atoms with Gasteiger partial charge in [0.15, 0.2) is 0 Å². The van der Waals surface area contributed by atoms with Gasteiger partial charge in [0.05, 0.1) is 6.10 Å². The standard InChI is InChI=1S/C27H46ClNO3/c1-17(2)7-6-8-18(3)21-9-10-22-20-15-24(29(31)32)27(28)16-19(30)11-14-26(27,5)23(20)12-13-25(21,22)4/h17-24,30H,6-16H2,1-5H3/t18-,19-,20+,21+,22-,23+,24+,25+,26-,27+/m1/s1. The van der Waals surface area contributed by atoms with Crippen LogP contribution in [0.1, 0.15) is 105 Å². The molecule has 4 aliphatic rings. The number of nitro groups is 1. The van der Waals surface area contributed by atoms with E-state index in [0.29, 0.717) is 36.0 Å². The second-order valence-corrected chi connectivity index (χ2v) is 13.8. The van der Waals surface area contributed by atoms with Gasteiger partial charge in [-0.2, -0.15) is 0 Å². The Balaban J connectivity index is 1.59. The van der Waals surface area contributed by atoms with Gasteiger partial charge in [-0.3, -0.25) is 10.1 Å². The zero-order valence-corrected chi connectivity index (χ0v) is 21.7. The smallest absolute Gasteiger partial charge is 0.232 e. The second-order valence-electron chi connectivity index (χ2n) is 13.1. The van der Waals surface area contributed by atoms with Crippen LogP contribution in [-0.2, 0) is 0 Å². The molecule has 0 aromatic rings. The molecule has 184 valence electrons. The highest BCUT2D eigenvalue weighted by Crippen LogP contribution is 2.70. The molecule has 0 heterocycles. The van der Waals surface area contributed by atoms with Gasteiger partial charge in [0.2, 0.25) is 6.04 Å². The minimum absolute atomic E-state index is 0.0908. The molecule has 4 saturated carbocycles. The molecule has 0 amide bonds. The topological polar surface area (TPSA) is 63.4 Å². The van der Waals surface area contributed by atoms with Crippen molar-refractivity contribution in [1.82, 2.24) is 0 Å². The highest BCUT2D eigenvalue weighted by Gasteiger charge is 2.70. The van der Waals surface area contributed by atoms with Crippen LogP contribution >= 0.6 is 11.6 Å². The number of rotatable bonds is 6. The van der Waals surface area contributed by atoms with Gasteiger partial charge in [-0.15, -0.1) is 11.6 Å². The quantitative estimate of drug-likeness (QED) is 0.257. The van der Waals surface area contributed by atoms with E-state index in [4.69, 9.17) is 11.6 Å². The van der Waals surface area contributed by atoms with E-state index in [1.807, 2.05) is 0 Å². The van der Waals surface area contributed by atoms with Crippen molar-refractivity contribution in [3.63, 3.8) is 0 Å². The summed E-state index contributed by atoms with van der Waals surface area (Å²) in [5.74, 6) is 3.71. The van der Waals surface area contributed by atoms with E-state index in [1.165, 1.54) is 38.5 Å². The summed E-state index contributed by atoms with van der Waals surface area (Å²) in [7, 11) is 0. The van der Waals surface area contributed by atoms with Crippen molar-refractivity contribution in [1.29, 1.82) is 0 Å². The molecule has 0 saturated heterocycles. The number of aliphatic hydroxyl groups excluding tert-OH is 1. The molecule has 1 N–H and O–H groups in total. The summed E-state index contributed by atoms with van der Waals surface area (Å²) in [6.07, 6.45) is 10.9. The first-order valence-electron chi connectivity index (χ1n) is 13.4. The normalized spacial score (nSPS) is 49.2. The molecule has 4 fully saturated rings. The maximum absolute atomic E-state index is 12.3. The Bertz CT molecular complexity index is 715. The number of halogens is 1. The fourth-order valence-electron chi connectivity index (χ4n) is 9.49. The van der Waals surface area contributed by atoms with Gasteiger partial charge in [-0.1, -0.05) is 53.9 Å². The molecule has 4 rings (SSSR count). The second kappa shape index (κ2) is 8.70. The molecule has 5 heteroatoms. The number of hydrogen-bond donors (Lipinski definition) is 1. The van der Waals surface area contributed by atoms with E-state index in [-0.39, 0.29) is 10.3 Å². The van der Waals surface area contributed by atoms with Crippen LogP contribution in [0.15, 0.2) is 0 Å². The van der Waals surface area contributed by atoms with Crippen molar-refractivity contribution in [3.8, 4) is 0 Å². The van der Waals surface area contributed by atoms with Crippen LogP contribution in [0.2, 0.25) is 0 Å². The van der Waals surface area contributed by atoms with Gasteiger partial charge in [0.25, 0.3) is 0 Å². The molecule has 4 aliphatic carbocycles. The van der Waals surface area contributed by atoms with E-state index in [1.54, 1.807) is 0 Å². The Hall–Kier alpha value is -0.350. The summed E-state index contributed by atoms with van der Waals surface area (Å²) in [6.45, 7) is 11.9. The molecule has 0 spiro atoms. The van der Waals surface area contributed by atoms with Crippen molar-refractivity contribution >= 4 is 11.6 Å². The Morgan fingerprint density at radius 3 is 2.44 bits per heavy atom. The average molecular weight is 468 g/mol. The van der Waals surface area contributed by atoms with Crippen LogP contribution in [0.5, 0.6) is 0 Å². The van der Waals surface area contributed by atoms with Crippen LogP contribution in [0, 0.1) is 56.5 Å². The summed E-state index contributed by atoms with van der Waals surface area (Å²) in [5, 5.41) is 22.7. The first-order valence-corrected chi connectivity index (χ1v) is 13.8. The summed E-state index contributed by atoms with van der Waals surface area (Å²) >= 11 is 7.23. The van der Waals surface area contributed by atoms with Crippen molar-refractivity contribution in [2.45, 2.75) is 122 Å². The lowest BCUT2D eigenvalue weighted by molar-refractivity contribution is -0.543. The zero-order chi connectivity index (χ0) is 23.5. The highest BCUT2D eigenvalue weighted by atomic mass is 35.5. The van der Waals surface area contributed by atoms with Gasteiger partial charge in [-0.25, -0.2) is 0 Å². The Morgan fingerprint density at radius 1 is 1.06 bits per heavy atom. The van der Waals surface area contributed by atoms with Crippen molar-refractivity contribution < 1.29 is 10.0 Å². The third kappa shape index (κ3) is 3.74. The summed E-state index contributed by atoms with van der Waals surface area (Å²) < 4.78 is 0. The van der Waals surface area contributed by atoms with Gasteiger partial charge in [0, 0.05) is 11.3 Å². The lowest BCUT2D eigenvalue weighted by atomic mass is 9.43. The minimum Gasteiger partial charge on any atom is -0.393 e. The fraction of sp³-hybridized carbons (Fsp3) is 1.00. The number of fused-ring (bicyclic) bond motifs is 5. The third-order valence-electron chi connectivity index (χ3n) is 11.2. The Kier molecular flexibility index (Phi) is 6.73. The predicted molar refractivity (Wildman–Crippen MR) is 130 cm³/mol. The highest BCUT2D eigenvalue weighted by molar-refractivity contribution is 6.25. The number of hydrogen-bond acceptors (Lipinski definition) is 3. The van der Waals surface area contributed by atoms with E-state index in [0.717, 1.165) is 37.0 Å². The molecule has 0 aromatic heterocycles. The summed E-state index contributed by atoms with van der Waals surface area (Å²) in [5.41, 5.74) is 0.0627. The summed E-state index contributed by atoms with van der Waals surface area (Å²) in [6, 6.07) is -0.741. The minimum atomic E-state index is -0.911. The Labute approximate surface area is 200 Å². The predicted octanol–water partition coefficient (Wildman–Crippen LogP) is 7.09. The van der Waals surface area contributed by atoms with E-state index in [9.17, 15) is 15.2 Å². The van der Waals surface area contributed by atoms with Crippen LogP contribution in [0.3, 0.4) is 0 Å². The van der Waals surface area contributed by atoms with E-state index in [2.05, 4.69) is 34.6 Å². The molecule has 0 aliphatic heterocycles. The first kappa shape index (κ1) is 24.8. The molecular formula is C27H46ClNO3. The monoisotopic (exact) mass is 467 g/mol. The molecule has 0 bridgehead atoms. The maximum Gasteiger partial charge on any atom is 0.232 e. The molecular weight excluding hydrogens is 422 g/mol. The summed E-state index contributed by atoms with van der Waals surface area (Å²) in [4.78, 5) is 11.3. The first-order chi connectivity index (χ1) is 14.9.